The van der Waals surface area contributed by atoms with E-state index in [1.54, 1.807) is 0 Å². The first kappa shape index (κ1) is 33.3. The van der Waals surface area contributed by atoms with Gasteiger partial charge in [0.05, 0.1) is 6.61 Å². The number of carbonyl (C=O) groups excluding carboxylic acids is 2. The Hall–Kier alpha value is -1.37. The third-order valence-electron chi connectivity index (χ3n) is 4.20. The molecule has 0 aromatic carbocycles. The molecule has 30 heavy (non-hydrogen) atoms. The van der Waals surface area contributed by atoms with E-state index in [1.165, 1.54) is 6.42 Å². The summed E-state index contributed by atoms with van der Waals surface area (Å²) in [6.07, 6.45) is 14.4. The largest absolute Gasteiger partial charge is 0.529 e. The predicted molar refractivity (Wildman–Crippen MR) is 127 cm³/mol. The number of carboxylic acid groups (broad SMARTS) is 1. The average molecular weight is 449 g/mol. The summed E-state index contributed by atoms with van der Waals surface area (Å²) in [5.74, 6) is -0.738. The van der Waals surface area contributed by atoms with Crippen molar-refractivity contribution >= 4 is 28.4 Å². The van der Waals surface area contributed by atoms with Crippen LogP contribution >= 0.6 is 0 Å². The molecule has 0 aromatic rings. The molecule has 0 unspecified atom stereocenters. The summed E-state index contributed by atoms with van der Waals surface area (Å²) in [5.41, 5.74) is 0. The number of esters is 1. The van der Waals surface area contributed by atoms with E-state index < -0.39 is 5.97 Å². The van der Waals surface area contributed by atoms with Crippen molar-refractivity contribution in [2.45, 2.75) is 124 Å². The number of carbonyl (C=O) groups is 3. The minimum absolute atomic E-state index is 0.0236. The Morgan fingerprint density at radius 1 is 0.633 bits per heavy atom. The monoisotopic (exact) mass is 448 g/mol. The van der Waals surface area contributed by atoms with Gasteiger partial charge in [-0.25, -0.2) is 0 Å². The fourth-order valence-corrected chi connectivity index (χ4v) is 2.48. The molecule has 0 aliphatic rings. The zero-order chi connectivity index (χ0) is 23.5. The Kier molecular flexibility index (Phi) is 33.1. The smallest absolute Gasteiger partial charge is 0.305 e. The van der Waals surface area contributed by atoms with Crippen LogP contribution in [-0.4, -0.2) is 40.1 Å². The molecule has 0 aromatic heterocycles. The SMILES string of the molecule is CCCCCC(=O)O.CCCCCC(=O)O[SiH3].CCCCCOC(=O)CCCCC. The maximum atomic E-state index is 11.1. The van der Waals surface area contributed by atoms with Gasteiger partial charge in [0.15, 0.2) is 0 Å². The second-order valence-electron chi connectivity index (χ2n) is 7.27. The summed E-state index contributed by atoms with van der Waals surface area (Å²) in [6, 6.07) is 0. The minimum Gasteiger partial charge on any atom is -0.529 e. The van der Waals surface area contributed by atoms with Gasteiger partial charge in [-0.2, -0.15) is 0 Å². The van der Waals surface area contributed by atoms with Gasteiger partial charge in [-0.05, 0) is 25.7 Å². The summed E-state index contributed by atoms with van der Waals surface area (Å²) >= 11 is 0. The van der Waals surface area contributed by atoms with E-state index in [0.717, 1.165) is 70.6 Å². The number of rotatable bonds is 16. The third-order valence-corrected chi connectivity index (χ3v) is 4.66. The highest BCUT2D eigenvalue weighted by Gasteiger charge is 2.00. The van der Waals surface area contributed by atoms with Crippen LogP contribution in [0.3, 0.4) is 0 Å². The topological polar surface area (TPSA) is 89.9 Å². The molecule has 0 saturated carbocycles. The van der Waals surface area contributed by atoms with Gasteiger partial charge in [0.1, 0.15) is 0 Å². The quantitative estimate of drug-likeness (QED) is 0.195. The van der Waals surface area contributed by atoms with Crippen molar-refractivity contribution in [1.82, 2.24) is 0 Å². The molecular weight excluding hydrogens is 400 g/mol. The van der Waals surface area contributed by atoms with Gasteiger partial charge < -0.3 is 14.3 Å². The number of unbranched alkanes of at least 4 members (excludes halogenated alkanes) is 8. The maximum absolute atomic E-state index is 11.1. The molecule has 6 nitrogen and oxygen atoms in total. The summed E-state index contributed by atoms with van der Waals surface area (Å²) < 4.78 is 9.65. The molecular formula is C23H48O6Si. The molecule has 7 heteroatoms. The van der Waals surface area contributed by atoms with Crippen LogP contribution in [-0.2, 0) is 23.5 Å². The molecule has 0 aliphatic carbocycles. The van der Waals surface area contributed by atoms with E-state index in [9.17, 15) is 14.4 Å². The van der Waals surface area contributed by atoms with Gasteiger partial charge in [-0.3, -0.25) is 14.4 Å². The van der Waals surface area contributed by atoms with E-state index >= 15 is 0 Å². The Morgan fingerprint density at radius 3 is 1.43 bits per heavy atom. The van der Waals surface area contributed by atoms with Crippen LogP contribution in [0.1, 0.15) is 124 Å². The zero-order valence-corrected chi connectivity index (χ0v) is 22.3. The highest BCUT2D eigenvalue weighted by atomic mass is 28.2. The van der Waals surface area contributed by atoms with Crippen molar-refractivity contribution in [3.63, 3.8) is 0 Å². The lowest BCUT2D eigenvalue weighted by Crippen LogP contribution is -2.05. The van der Waals surface area contributed by atoms with Crippen molar-refractivity contribution in [3.05, 3.63) is 0 Å². The first-order valence-electron chi connectivity index (χ1n) is 11.8. The van der Waals surface area contributed by atoms with E-state index in [1.807, 2.05) is 0 Å². The minimum atomic E-state index is -0.682. The number of hydrogen-bond donors (Lipinski definition) is 1. The lowest BCUT2D eigenvalue weighted by molar-refractivity contribution is -0.144. The molecule has 0 aliphatic heterocycles. The molecule has 1 N–H and O–H groups in total. The normalized spacial score (nSPS) is 9.60. The summed E-state index contributed by atoms with van der Waals surface area (Å²) in [5, 5.41) is 8.14. The molecule has 0 rings (SSSR count). The molecule has 0 spiro atoms. The van der Waals surface area contributed by atoms with Gasteiger partial charge in [0.25, 0.3) is 5.97 Å². The Labute approximate surface area is 188 Å². The van der Waals surface area contributed by atoms with Crippen LogP contribution in [0.5, 0.6) is 0 Å². The number of aliphatic carboxylic acids is 1. The second kappa shape index (κ2) is 29.8. The maximum Gasteiger partial charge on any atom is 0.305 e. The average Bonchev–Trinajstić information content (AvgIpc) is 2.72. The predicted octanol–water partition coefficient (Wildman–Crippen LogP) is 5.34. The van der Waals surface area contributed by atoms with Crippen molar-refractivity contribution in [2.75, 3.05) is 6.61 Å². The Balaban J connectivity index is -0.000000379. The molecule has 0 amide bonds. The summed E-state index contributed by atoms with van der Waals surface area (Å²) in [7, 11) is 0.542. The third kappa shape index (κ3) is 37.4. The first-order valence-corrected chi connectivity index (χ1v) is 12.6. The lowest BCUT2D eigenvalue weighted by Gasteiger charge is -2.03. The Bertz CT molecular complexity index is 388. The van der Waals surface area contributed by atoms with Crippen LogP contribution < -0.4 is 0 Å². The van der Waals surface area contributed by atoms with Crippen LogP contribution in [0, 0.1) is 0 Å². The fourth-order valence-electron chi connectivity index (χ4n) is 2.28. The van der Waals surface area contributed by atoms with E-state index in [-0.39, 0.29) is 11.9 Å². The number of hydrogen-bond acceptors (Lipinski definition) is 5. The van der Waals surface area contributed by atoms with Crippen molar-refractivity contribution < 1.29 is 28.7 Å². The number of carboxylic acids is 1. The van der Waals surface area contributed by atoms with Crippen molar-refractivity contribution in [3.8, 4) is 0 Å². The van der Waals surface area contributed by atoms with Crippen molar-refractivity contribution in [1.29, 1.82) is 0 Å². The fraction of sp³-hybridized carbons (Fsp3) is 0.870. The van der Waals surface area contributed by atoms with Crippen LogP contribution in [0.25, 0.3) is 0 Å². The summed E-state index contributed by atoms with van der Waals surface area (Å²) in [6.45, 7) is 9.06. The lowest BCUT2D eigenvalue weighted by atomic mass is 10.2. The highest BCUT2D eigenvalue weighted by Crippen LogP contribution is 2.02. The highest BCUT2D eigenvalue weighted by molar-refractivity contribution is 6.05. The van der Waals surface area contributed by atoms with Crippen LogP contribution in [0.15, 0.2) is 0 Å². The van der Waals surface area contributed by atoms with Gasteiger partial charge in [0, 0.05) is 19.3 Å². The molecule has 0 radical (unpaired) electrons. The van der Waals surface area contributed by atoms with Gasteiger partial charge in [0.2, 0.25) is 10.5 Å². The van der Waals surface area contributed by atoms with E-state index in [4.69, 9.17) is 9.84 Å². The number of ether oxygens (including phenoxy) is 1. The molecule has 0 saturated heterocycles. The molecule has 180 valence electrons. The van der Waals surface area contributed by atoms with Crippen LogP contribution in [0.4, 0.5) is 0 Å². The van der Waals surface area contributed by atoms with Crippen molar-refractivity contribution in [2.24, 2.45) is 0 Å². The van der Waals surface area contributed by atoms with Gasteiger partial charge in [-0.1, -0.05) is 79.1 Å². The molecule has 0 atom stereocenters. The van der Waals surface area contributed by atoms with Gasteiger partial charge >= 0.3 is 11.9 Å². The van der Waals surface area contributed by atoms with Gasteiger partial charge in [-0.15, -0.1) is 0 Å². The second-order valence-corrected chi connectivity index (χ2v) is 7.68. The van der Waals surface area contributed by atoms with Crippen LogP contribution in [0.2, 0.25) is 0 Å². The van der Waals surface area contributed by atoms with E-state index in [2.05, 4.69) is 32.1 Å². The molecule has 0 fully saturated rings. The Morgan fingerprint density at radius 2 is 1.03 bits per heavy atom. The van der Waals surface area contributed by atoms with E-state index in [0.29, 0.717) is 36.4 Å². The first-order chi connectivity index (χ1) is 14.4. The standard InChI is InChI=1S/C11H22O2.C6H14O2Si.C6H12O2/c1-3-5-7-9-11(12)13-10-8-6-4-2;1-2-3-4-5-6(7)8-9;1-2-3-4-5-6(7)8/h3-10H2,1-2H3;2-5H2,1,9H3;2-5H2,1H3,(H,7,8). The molecule has 0 heterocycles. The molecule has 0 bridgehead atoms. The summed E-state index contributed by atoms with van der Waals surface area (Å²) in [4.78, 5) is 31.4. The zero-order valence-electron chi connectivity index (χ0n) is 20.3.